The van der Waals surface area contributed by atoms with Crippen LogP contribution < -0.4 is 15.4 Å². The average Bonchev–Trinajstić information content (AvgIpc) is 3.65. The number of piperazine rings is 1. The highest BCUT2D eigenvalue weighted by atomic mass is 32.2. The van der Waals surface area contributed by atoms with E-state index in [4.69, 9.17) is 4.74 Å². The SMILES string of the molecule is COc1cc(C)c(Sc2cnc(Nc3cc(NCCc4cnc[nH]4)nc(C)n3)s2)cc1C(=O)N1CCN(C(C)=O)CC1. The Morgan fingerprint density at radius 3 is 2.55 bits per heavy atom. The third kappa shape index (κ3) is 7.18. The maximum absolute atomic E-state index is 13.5. The molecular weight excluding hydrogens is 575 g/mol. The lowest BCUT2D eigenvalue weighted by molar-refractivity contribution is -0.130. The molecular formula is C28H33N9O3S2. The standard InChI is InChI=1S/C28H33N9O3S2/c1-17-11-22(40-4)21(27(39)37-9-7-36(8-10-37)19(3)38)12-23(17)41-26-15-31-28(42-26)35-25-13-24(33-18(2)34-25)30-6-5-20-14-29-16-32-20/h11-16H,5-10H2,1-4H3,(H,29,32)(H2,30,31,33,34,35). The van der Waals surface area contributed by atoms with Crippen molar-refractivity contribution in [2.45, 2.75) is 36.3 Å². The molecule has 1 aromatic carbocycles. The van der Waals surface area contributed by atoms with Crippen LogP contribution in [-0.2, 0) is 11.2 Å². The number of carbonyl (C=O) groups is 2. The molecule has 14 heteroatoms. The number of nitrogens with one attached hydrogen (secondary N) is 3. The van der Waals surface area contributed by atoms with Crippen molar-refractivity contribution in [1.29, 1.82) is 0 Å². The van der Waals surface area contributed by atoms with E-state index in [1.165, 1.54) is 11.3 Å². The number of aromatic amines is 1. The van der Waals surface area contributed by atoms with Crippen LogP contribution in [-0.4, -0.2) is 86.4 Å². The number of amides is 2. The van der Waals surface area contributed by atoms with Crippen molar-refractivity contribution in [3.8, 4) is 5.75 Å². The molecule has 1 fully saturated rings. The van der Waals surface area contributed by atoms with Crippen LogP contribution in [0.5, 0.6) is 5.75 Å². The Bertz CT molecular complexity index is 1550. The van der Waals surface area contributed by atoms with Crippen LogP contribution in [0.25, 0.3) is 0 Å². The highest BCUT2D eigenvalue weighted by Crippen LogP contribution is 2.39. The van der Waals surface area contributed by atoms with Gasteiger partial charge in [0, 0.05) is 68.9 Å². The van der Waals surface area contributed by atoms with Crippen molar-refractivity contribution < 1.29 is 14.3 Å². The molecule has 1 aliphatic heterocycles. The van der Waals surface area contributed by atoms with E-state index in [1.54, 1.807) is 48.1 Å². The fourth-order valence-corrected chi connectivity index (χ4v) is 6.50. The van der Waals surface area contributed by atoms with Crippen molar-refractivity contribution in [2.75, 3.05) is 50.5 Å². The Morgan fingerprint density at radius 1 is 1.07 bits per heavy atom. The number of hydrogen-bond acceptors (Lipinski definition) is 11. The number of ether oxygens (including phenoxy) is 1. The van der Waals surface area contributed by atoms with Crippen molar-refractivity contribution in [2.24, 2.45) is 0 Å². The fraction of sp³-hybridized carbons (Fsp3) is 0.357. The second-order valence-corrected chi connectivity index (χ2v) is 12.1. The lowest BCUT2D eigenvalue weighted by Gasteiger charge is -2.34. The van der Waals surface area contributed by atoms with Crippen LogP contribution in [0.3, 0.4) is 0 Å². The summed E-state index contributed by atoms with van der Waals surface area (Å²) in [6.07, 6.45) is 6.08. The van der Waals surface area contributed by atoms with Gasteiger partial charge in [0.05, 0.1) is 29.4 Å². The minimum Gasteiger partial charge on any atom is -0.496 e. The van der Waals surface area contributed by atoms with Gasteiger partial charge < -0.3 is 30.2 Å². The van der Waals surface area contributed by atoms with Crippen molar-refractivity contribution in [1.82, 2.24) is 34.7 Å². The highest BCUT2D eigenvalue weighted by molar-refractivity contribution is 8.01. The van der Waals surface area contributed by atoms with Crippen LogP contribution in [0.2, 0.25) is 0 Å². The Morgan fingerprint density at radius 2 is 1.83 bits per heavy atom. The van der Waals surface area contributed by atoms with E-state index < -0.39 is 0 Å². The van der Waals surface area contributed by atoms with Gasteiger partial charge in [-0.3, -0.25) is 9.59 Å². The molecule has 1 saturated heterocycles. The lowest BCUT2D eigenvalue weighted by atomic mass is 10.1. The van der Waals surface area contributed by atoms with Gasteiger partial charge in [-0.05, 0) is 31.5 Å². The summed E-state index contributed by atoms with van der Waals surface area (Å²) in [5.41, 5.74) is 2.55. The van der Waals surface area contributed by atoms with E-state index in [9.17, 15) is 9.59 Å². The first-order chi connectivity index (χ1) is 20.3. The summed E-state index contributed by atoms with van der Waals surface area (Å²) in [5.74, 6) is 2.48. The molecule has 220 valence electrons. The van der Waals surface area contributed by atoms with Crippen molar-refractivity contribution in [3.63, 3.8) is 0 Å². The molecule has 2 amide bonds. The Labute approximate surface area is 252 Å². The number of nitrogens with zero attached hydrogens (tertiary/aromatic N) is 6. The van der Waals surface area contributed by atoms with E-state index in [1.807, 2.05) is 38.2 Å². The fourth-order valence-electron chi connectivity index (χ4n) is 4.55. The monoisotopic (exact) mass is 607 g/mol. The summed E-state index contributed by atoms with van der Waals surface area (Å²) in [6.45, 7) is 8.15. The zero-order valence-electron chi connectivity index (χ0n) is 23.9. The van der Waals surface area contributed by atoms with Crippen LogP contribution in [0.1, 0.15) is 34.4 Å². The van der Waals surface area contributed by atoms with Gasteiger partial charge in [0.15, 0.2) is 5.13 Å². The van der Waals surface area contributed by atoms with Gasteiger partial charge in [-0.25, -0.2) is 19.9 Å². The zero-order valence-corrected chi connectivity index (χ0v) is 25.6. The minimum atomic E-state index is -0.100. The van der Waals surface area contributed by atoms with E-state index in [2.05, 4.69) is 35.6 Å². The number of carbonyl (C=O) groups excluding carboxylic acids is 2. The molecule has 4 aromatic rings. The van der Waals surface area contributed by atoms with Gasteiger partial charge in [0.1, 0.15) is 23.2 Å². The summed E-state index contributed by atoms with van der Waals surface area (Å²) in [7, 11) is 1.57. The third-order valence-corrected chi connectivity index (χ3v) is 8.94. The third-order valence-electron chi connectivity index (χ3n) is 6.76. The maximum Gasteiger partial charge on any atom is 0.257 e. The Kier molecular flexibility index (Phi) is 9.22. The summed E-state index contributed by atoms with van der Waals surface area (Å²) < 4.78 is 6.53. The molecule has 0 radical (unpaired) electrons. The molecule has 3 N–H and O–H groups in total. The summed E-state index contributed by atoms with van der Waals surface area (Å²) >= 11 is 3.05. The number of anilines is 3. The van der Waals surface area contributed by atoms with Crippen LogP contribution in [0, 0.1) is 13.8 Å². The molecule has 0 aliphatic carbocycles. The molecule has 1 aliphatic rings. The number of thiazole rings is 1. The Hall–Kier alpha value is -4.17. The summed E-state index contributed by atoms with van der Waals surface area (Å²) in [5, 5.41) is 7.32. The first kappa shape index (κ1) is 29.3. The molecule has 0 bridgehead atoms. The van der Waals surface area contributed by atoms with Gasteiger partial charge in [-0.2, -0.15) is 0 Å². The normalized spacial score (nSPS) is 13.2. The maximum atomic E-state index is 13.5. The highest BCUT2D eigenvalue weighted by Gasteiger charge is 2.26. The lowest BCUT2D eigenvalue weighted by Crippen LogP contribution is -2.50. The van der Waals surface area contributed by atoms with E-state index >= 15 is 0 Å². The first-order valence-corrected chi connectivity index (χ1v) is 15.1. The Balaban J connectivity index is 1.25. The smallest absolute Gasteiger partial charge is 0.257 e. The number of aromatic nitrogens is 5. The number of methoxy groups -OCH3 is 1. The molecule has 0 unspecified atom stereocenters. The molecule has 0 saturated carbocycles. The minimum absolute atomic E-state index is 0.0281. The second-order valence-electron chi connectivity index (χ2n) is 9.77. The average molecular weight is 608 g/mol. The van der Waals surface area contributed by atoms with Crippen LogP contribution in [0.15, 0.2) is 46.0 Å². The number of rotatable bonds is 10. The predicted octanol–water partition coefficient (Wildman–Crippen LogP) is 4.14. The largest absolute Gasteiger partial charge is 0.496 e. The summed E-state index contributed by atoms with van der Waals surface area (Å²) in [4.78, 5) is 50.3. The molecule has 0 spiro atoms. The second kappa shape index (κ2) is 13.2. The number of imidazole rings is 1. The van der Waals surface area contributed by atoms with E-state index in [0.29, 0.717) is 60.8 Å². The predicted molar refractivity (Wildman–Crippen MR) is 163 cm³/mol. The number of H-pyrrole nitrogens is 1. The van der Waals surface area contributed by atoms with Gasteiger partial charge in [-0.15, -0.1) is 0 Å². The molecule has 0 atom stereocenters. The van der Waals surface area contributed by atoms with Crippen molar-refractivity contribution in [3.05, 3.63) is 59.6 Å². The molecule has 5 rings (SSSR count). The zero-order chi connectivity index (χ0) is 29.6. The van der Waals surface area contributed by atoms with Crippen LogP contribution in [0.4, 0.5) is 16.8 Å². The quantitative estimate of drug-likeness (QED) is 0.241. The van der Waals surface area contributed by atoms with Crippen molar-refractivity contribution >= 4 is 51.7 Å². The van der Waals surface area contributed by atoms with Gasteiger partial charge in [0.2, 0.25) is 5.91 Å². The first-order valence-electron chi connectivity index (χ1n) is 13.5. The van der Waals surface area contributed by atoms with E-state index in [0.717, 1.165) is 32.6 Å². The number of aryl methyl sites for hydroxylation is 2. The molecule has 12 nitrogen and oxygen atoms in total. The van der Waals surface area contributed by atoms with Gasteiger partial charge >= 0.3 is 0 Å². The molecule has 42 heavy (non-hydrogen) atoms. The van der Waals surface area contributed by atoms with Crippen LogP contribution >= 0.6 is 23.1 Å². The molecule has 4 heterocycles. The molecule has 3 aromatic heterocycles. The van der Waals surface area contributed by atoms with E-state index in [-0.39, 0.29) is 11.8 Å². The van der Waals surface area contributed by atoms with Gasteiger partial charge in [0.25, 0.3) is 5.91 Å². The number of hydrogen-bond donors (Lipinski definition) is 3. The summed E-state index contributed by atoms with van der Waals surface area (Å²) in [6, 6.07) is 5.64. The number of benzene rings is 1. The topological polar surface area (TPSA) is 141 Å². The van der Waals surface area contributed by atoms with Gasteiger partial charge in [-0.1, -0.05) is 23.1 Å².